The van der Waals surface area contributed by atoms with Crippen LogP contribution in [0.5, 0.6) is 0 Å². The number of thiazole rings is 1. The fraction of sp³-hybridized carbons (Fsp3) is 0.368. The number of benzene rings is 1. The second kappa shape index (κ2) is 7.14. The monoisotopic (exact) mass is 402 g/mol. The number of amides is 1. The van der Waals surface area contributed by atoms with Gasteiger partial charge in [0.1, 0.15) is 0 Å². The van der Waals surface area contributed by atoms with Gasteiger partial charge in [-0.2, -0.15) is 0 Å². The zero-order chi connectivity index (χ0) is 19.0. The molecule has 6 nitrogen and oxygen atoms in total. The van der Waals surface area contributed by atoms with Gasteiger partial charge < -0.3 is 10.1 Å². The second-order valence-corrected chi connectivity index (χ2v) is 8.68. The lowest BCUT2D eigenvalue weighted by Gasteiger charge is -2.33. The van der Waals surface area contributed by atoms with E-state index in [0.29, 0.717) is 16.9 Å². The molecule has 8 heteroatoms. The summed E-state index contributed by atoms with van der Waals surface area (Å²) in [4.78, 5) is 17.8. The van der Waals surface area contributed by atoms with Crippen molar-refractivity contribution in [1.29, 1.82) is 0 Å². The number of carbonyl (C=O) groups excluding carboxylic acids is 1. The van der Waals surface area contributed by atoms with Crippen LogP contribution in [0.3, 0.4) is 0 Å². The lowest BCUT2D eigenvalue weighted by molar-refractivity contribution is -0.131. The van der Waals surface area contributed by atoms with Crippen molar-refractivity contribution in [2.45, 2.75) is 32.3 Å². The van der Waals surface area contributed by atoms with E-state index in [9.17, 15) is 4.79 Å². The van der Waals surface area contributed by atoms with Crippen LogP contribution >= 0.6 is 22.9 Å². The van der Waals surface area contributed by atoms with Crippen LogP contribution in [0.4, 0.5) is 5.13 Å². The molecule has 1 unspecified atom stereocenters. The Morgan fingerprint density at radius 2 is 2.19 bits per heavy atom. The number of anilines is 1. The Hall–Kier alpha value is -2.09. The van der Waals surface area contributed by atoms with Gasteiger partial charge >= 0.3 is 0 Å². The molecular weight excluding hydrogens is 384 g/mol. The van der Waals surface area contributed by atoms with Crippen LogP contribution < -0.4 is 5.32 Å². The van der Waals surface area contributed by atoms with Crippen molar-refractivity contribution in [1.82, 2.24) is 15.2 Å². The van der Waals surface area contributed by atoms with Crippen LogP contribution in [0.15, 0.2) is 30.5 Å². The number of nitrogens with one attached hydrogen (secondary N) is 1. The van der Waals surface area contributed by atoms with E-state index in [1.165, 1.54) is 11.3 Å². The molecule has 1 amide bonds. The number of ether oxygens (including phenoxy) is 1. The molecule has 3 heterocycles. The highest BCUT2D eigenvalue weighted by molar-refractivity contribution is 7.19. The zero-order valence-electron chi connectivity index (χ0n) is 15.0. The van der Waals surface area contributed by atoms with E-state index < -0.39 is 0 Å². The first kappa shape index (κ1) is 18.3. The highest BCUT2D eigenvalue weighted by Crippen LogP contribution is 2.32. The van der Waals surface area contributed by atoms with Crippen molar-refractivity contribution in [2.75, 3.05) is 11.9 Å². The minimum Gasteiger partial charge on any atom is -0.375 e. The van der Waals surface area contributed by atoms with E-state index in [0.717, 1.165) is 34.2 Å². The Labute approximate surface area is 165 Å². The number of fused-ring (bicyclic) bond motifs is 1. The molecule has 0 aliphatic carbocycles. The van der Waals surface area contributed by atoms with Crippen molar-refractivity contribution >= 4 is 44.9 Å². The molecule has 0 bridgehead atoms. The molecule has 1 fully saturated rings. The summed E-state index contributed by atoms with van der Waals surface area (Å²) < 4.78 is 5.76. The van der Waals surface area contributed by atoms with Crippen molar-refractivity contribution in [2.24, 2.45) is 5.92 Å². The lowest BCUT2D eigenvalue weighted by atomic mass is 9.91. The molecule has 0 radical (unpaired) electrons. The van der Waals surface area contributed by atoms with Crippen LogP contribution in [0.25, 0.3) is 21.3 Å². The average molecular weight is 403 g/mol. The molecule has 1 saturated heterocycles. The standard InChI is InChI=1S/C19H19ClN4O2S/c1-19(2)6-5-12(10-26-19)17(25)22-18-21-9-15(27-18)11-3-4-14-13(7-11)8-16(20)24-23-14/h3-4,7-9,12H,5-6,10H2,1-2H3,(H,21,22,25). The number of halogens is 1. The largest absolute Gasteiger partial charge is 0.375 e. The highest BCUT2D eigenvalue weighted by Gasteiger charge is 2.31. The van der Waals surface area contributed by atoms with Crippen LogP contribution in [0.2, 0.25) is 5.15 Å². The van der Waals surface area contributed by atoms with Gasteiger partial charge in [0.15, 0.2) is 10.3 Å². The van der Waals surface area contributed by atoms with Crippen LogP contribution in [0.1, 0.15) is 26.7 Å². The van der Waals surface area contributed by atoms with E-state index in [1.54, 1.807) is 12.3 Å². The van der Waals surface area contributed by atoms with Crippen molar-refractivity contribution in [3.05, 3.63) is 35.6 Å². The molecule has 3 aromatic rings. The van der Waals surface area contributed by atoms with Gasteiger partial charge in [0.05, 0.1) is 28.5 Å². The molecule has 27 heavy (non-hydrogen) atoms. The second-order valence-electron chi connectivity index (χ2n) is 7.27. The summed E-state index contributed by atoms with van der Waals surface area (Å²) in [5.74, 6) is -0.168. The molecule has 1 aromatic carbocycles. The molecule has 4 rings (SSSR count). The van der Waals surface area contributed by atoms with Crippen LogP contribution in [-0.2, 0) is 9.53 Å². The SMILES string of the molecule is CC1(C)CCC(C(=O)Nc2ncc(-c3ccc4nnc(Cl)cc4c3)s2)CO1. The Bertz CT molecular complexity index is 994. The van der Waals surface area contributed by atoms with Gasteiger partial charge in [-0.25, -0.2) is 4.98 Å². The number of hydrogen-bond acceptors (Lipinski definition) is 6. The molecule has 0 saturated carbocycles. The summed E-state index contributed by atoms with van der Waals surface area (Å²) in [6.45, 7) is 4.55. The van der Waals surface area contributed by atoms with Crippen molar-refractivity contribution < 1.29 is 9.53 Å². The minimum atomic E-state index is -0.144. The maximum atomic E-state index is 12.5. The van der Waals surface area contributed by atoms with Gasteiger partial charge in [0.25, 0.3) is 0 Å². The average Bonchev–Trinajstić information content (AvgIpc) is 3.09. The third kappa shape index (κ3) is 4.10. The number of rotatable bonds is 3. The van der Waals surface area contributed by atoms with Gasteiger partial charge in [0, 0.05) is 11.6 Å². The fourth-order valence-electron chi connectivity index (χ4n) is 3.06. The molecule has 1 aliphatic rings. The molecule has 1 atom stereocenters. The third-order valence-electron chi connectivity index (χ3n) is 4.72. The van der Waals surface area contributed by atoms with Gasteiger partial charge in [-0.05, 0) is 50.5 Å². The first-order valence-electron chi connectivity index (χ1n) is 8.74. The first-order chi connectivity index (χ1) is 12.9. The van der Waals surface area contributed by atoms with Gasteiger partial charge in [-0.3, -0.25) is 4.79 Å². The summed E-state index contributed by atoms with van der Waals surface area (Å²) in [5, 5.41) is 12.7. The normalized spacial score (nSPS) is 19.1. The van der Waals surface area contributed by atoms with E-state index in [1.807, 2.05) is 18.2 Å². The van der Waals surface area contributed by atoms with E-state index in [-0.39, 0.29) is 17.4 Å². The zero-order valence-corrected chi connectivity index (χ0v) is 16.6. The fourth-order valence-corrected chi connectivity index (χ4v) is 4.03. The number of hydrogen-bond donors (Lipinski definition) is 1. The summed E-state index contributed by atoms with van der Waals surface area (Å²) in [5.41, 5.74) is 1.63. The quantitative estimate of drug-likeness (QED) is 0.695. The first-order valence-corrected chi connectivity index (χ1v) is 9.93. The van der Waals surface area contributed by atoms with Gasteiger partial charge in [-0.1, -0.05) is 29.0 Å². The summed E-state index contributed by atoms with van der Waals surface area (Å²) in [6.07, 6.45) is 3.46. The topological polar surface area (TPSA) is 77.0 Å². The van der Waals surface area contributed by atoms with E-state index in [2.05, 4.69) is 34.3 Å². The smallest absolute Gasteiger partial charge is 0.231 e. The maximum Gasteiger partial charge on any atom is 0.231 e. The van der Waals surface area contributed by atoms with Crippen molar-refractivity contribution in [3.8, 4) is 10.4 Å². The van der Waals surface area contributed by atoms with Crippen LogP contribution in [-0.4, -0.2) is 33.3 Å². The van der Waals surface area contributed by atoms with E-state index >= 15 is 0 Å². The Kier molecular flexibility index (Phi) is 4.84. The Morgan fingerprint density at radius 1 is 1.33 bits per heavy atom. The molecule has 0 spiro atoms. The molecule has 1 N–H and O–H groups in total. The summed E-state index contributed by atoms with van der Waals surface area (Å²) in [6, 6.07) is 7.63. The van der Waals surface area contributed by atoms with Gasteiger partial charge in [-0.15, -0.1) is 10.2 Å². The van der Waals surface area contributed by atoms with Crippen molar-refractivity contribution in [3.63, 3.8) is 0 Å². The predicted octanol–water partition coefficient (Wildman–Crippen LogP) is 4.55. The van der Waals surface area contributed by atoms with E-state index in [4.69, 9.17) is 16.3 Å². The van der Waals surface area contributed by atoms with Gasteiger partial charge in [0.2, 0.25) is 5.91 Å². The predicted molar refractivity (Wildman–Crippen MR) is 107 cm³/mol. The minimum absolute atomic E-state index is 0.0352. The molecule has 1 aliphatic heterocycles. The lowest BCUT2D eigenvalue weighted by Crippen LogP contribution is -2.38. The van der Waals surface area contributed by atoms with Crippen LogP contribution in [0, 0.1) is 5.92 Å². The maximum absolute atomic E-state index is 12.5. The molecular formula is C19H19ClN4O2S. The molecule has 2 aromatic heterocycles. The third-order valence-corrected chi connectivity index (χ3v) is 5.86. The number of carbonyl (C=O) groups is 1. The number of aromatic nitrogens is 3. The molecule has 140 valence electrons. The Morgan fingerprint density at radius 3 is 2.96 bits per heavy atom. The summed E-state index contributed by atoms with van der Waals surface area (Å²) >= 11 is 7.37. The Balaban J connectivity index is 1.48. The summed E-state index contributed by atoms with van der Waals surface area (Å²) in [7, 11) is 0. The number of nitrogens with zero attached hydrogens (tertiary/aromatic N) is 3. The highest BCUT2D eigenvalue weighted by atomic mass is 35.5.